The summed E-state index contributed by atoms with van der Waals surface area (Å²) in [5.41, 5.74) is 0.789. The molecule has 8 bridgehead atoms. The summed E-state index contributed by atoms with van der Waals surface area (Å²) in [5, 5.41) is 9.76. The van der Waals surface area contributed by atoms with Crippen molar-refractivity contribution in [3.63, 3.8) is 0 Å². The third-order valence-corrected chi connectivity index (χ3v) is 12.0. The van der Waals surface area contributed by atoms with Crippen LogP contribution in [0.2, 0.25) is 0 Å². The number of urea groups is 2. The number of rotatable bonds is 6. The molecule has 200 valence electrons. The van der Waals surface area contributed by atoms with Crippen molar-refractivity contribution in [1.29, 1.82) is 0 Å². The van der Waals surface area contributed by atoms with E-state index in [0.29, 0.717) is 16.7 Å². The standard InChI is InChI=1S/C30H48N4O2/c35-27(32-18-29-11-21-5-22(12-29)7-23(6-21)13-29)31-17-20-1-3-34(4-2-20)28(36)33-19-30-14-24-8-25(15-30)10-26(9-24)16-30/h20-26H,1-19H2,(H,33,36)(H2,31,32,35). The van der Waals surface area contributed by atoms with Crippen molar-refractivity contribution < 1.29 is 9.59 Å². The molecule has 4 amide bonds. The topological polar surface area (TPSA) is 73.5 Å². The van der Waals surface area contributed by atoms with Gasteiger partial charge in [0.05, 0.1) is 0 Å². The predicted molar refractivity (Wildman–Crippen MR) is 140 cm³/mol. The molecule has 6 heteroatoms. The molecule has 8 saturated carbocycles. The average molecular weight is 497 g/mol. The van der Waals surface area contributed by atoms with E-state index in [-0.39, 0.29) is 12.1 Å². The van der Waals surface area contributed by atoms with Crippen molar-refractivity contribution in [2.75, 3.05) is 32.7 Å². The highest BCUT2D eigenvalue weighted by molar-refractivity contribution is 5.74. The van der Waals surface area contributed by atoms with Crippen LogP contribution in [0.3, 0.4) is 0 Å². The summed E-state index contributed by atoms with van der Waals surface area (Å²) in [6.45, 7) is 4.11. The van der Waals surface area contributed by atoms with Crippen LogP contribution in [0.5, 0.6) is 0 Å². The Kier molecular flexibility index (Phi) is 5.96. The lowest BCUT2D eigenvalue weighted by Gasteiger charge is -2.57. The zero-order chi connectivity index (χ0) is 24.3. The third kappa shape index (κ3) is 4.64. The minimum atomic E-state index is 0.0153. The Morgan fingerprint density at radius 3 is 1.47 bits per heavy atom. The van der Waals surface area contributed by atoms with Gasteiger partial charge in [0.1, 0.15) is 0 Å². The molecule has 3 N–H and O–H groups in total. The second kappa shape index (κ2) is 9.08. The van der Waals surface area contributed by atoms with Gasteiger partial charge in [-0.05, 0) is 142 Å². The highest BCUT2D eigenvalue weighted by Crippen LogP contribution is 2.60. The monoisotopic (exact) mass is 496 g/mol. The van der Waals surface area contributed by atoms with Gasteiger partial charge in [-0.1, -0.05) is 0 Å². The lowest BCUT2D eigenvalue weighted by Crippen LogP contribution is -2.54. The molecule has 8 aliphatic carbocycles. The summed E-state index contributed by atoms with van der Waals surface area (Å²) >= 11 is 0. The number of piperidine rings is 1. The van der Waals surface area contributed by atoms with Gasteiger partial charge in [0, 0.05) is 32.7 Å². The molecule has 0 aromatic carbocycles. The summed E-state index contributed by atoms with van der Waals surface area (Å²) < 4.78 is 0. The molecule has 0 aromatic rings. The first-order valence-electron chi connectivity index (χ1n) is 15.5. The largest absolute Gasteiger partial charge is 0.338 e. The maximum atomic E-state index is 12.9. The van der Waals surface area contributed by atoms with Crippen LogP contribution in [0.4, 0.5) is 9.59 Å². The van der Waals surface area contributed by atoms with Crippen molar-refractivity contribution in [2.45, 2.75) is 89.9 Å². The van der Waals surface area contributed by atoms with E-state index in [0.717, 1.165) is 81.1 Å². The zero-order valence-corrected chi connectivity index (χ0v) is 22.2. The third-order valence-electron chi connectivity index (χ3n) is 12.0. The Labute approximate surface area is 217 Å². The normalized spacial score (nSPS) is 44.6. The second-order valence-electron chi connectivity index (χ2n) is 15.0. The molecule has 9 rings (SSSR count). The molecule has 0 atom stereocenters. The van der Waals surface area contributed by atoms with E-state index in [1.165, 1.54) is 77.0 Å². The molecule has 6 nitrogen and oxygen atoms in total. The van der Waals surface area contributed by atoms with E-state index in [9.17, 15) is 9.59 Å². The van der Waals surface area contributed by atoms with Crippen molar-refractivity contribution in [3.05, 3.63) is 0 Å². The van der Waals surface area contributed by atoms with Crippen LogP contribution in [0.15, 0.2) is 0 Å². The first kappa shape index (κ1) is 23.6. The molecule has 1 saturated heterocycles. The first-order valence-corrected chi connectivity index (χ1v) is 15.5. The summed E-state index contributed by atoms with van der Waals surface area (Å²) in [6.07, 6.45) is 18.7. The van der Waals surface area contributed by atoms with Crippen LogP contribution in [-0.4, -0.2) is 49.7 Å². The van der Waals surface area contributed by atoms with Gasteiger partial charge in [0.15, 0.2) is 0 Å². The van der Waals surface area contributed by atoms with Crippen LogP contribution in [-0.2, 0) is 0 Å². The Balaban J connectivity index is 0.811. The van der Waals surface area contributed by atoms with Gasteiger partial charge < -0.3 is 20.9 Å². The number of nitrogens with zero attached hydrogens (tertiary/aromatic N) is 1. The lowest BCUT2D eigenvalue weighted by atomic mass is 9.49. The second-order valence-corrected chi connectivity index (χ2v) is 15.0. The smallest absolute Gasteiger partial charge is 0.317 e. The van der Waals surface area contributed by atoms with Crippen molar-refractivity contribution in [2.24, 2.45) is 52.3 Å². The number of hydrogen-bond acceptors (Lipinski definition) is 2. The summed E-state index contributed by atoms with van der Waals surface area (Å²) in [4.78, 5) is 27.6. The highest BCUT2D eigenvalue weighted by Gasteiger charge is 2.52. The molecule has 1 aliphatic heterocycles. The van der Waals surface area contributed by atoms with E-state index in [1.807, 2.05) is 4.90 Å². The van der Waals surface area contributed by atoms with Crippen LogP contribution >= 0.6 is 0 Å². The Bertz CT molecular complexity index is 792. The maximum Gasteiger partial charge on any atom is 0.317 e. The molecule has 0 spiro atoms. The fourth-order valence-electron chi connectivity index (χ4n) is 11.3. The van der Waals surface area contributed by atoms with E-state index >= 15 is 0 Å². The SMILES string of the molecule is O=C(NCC1CCN(C(=O)NCC23CC4CC(CC(C4)C2)C3)CC1)NCC12CC3CC(CC(C3)C1)C2. The molecule has 0 aromatic heterocycles. The van der Waals surface area contributed by atoms with Gasteiger partial charge in [-0.15, -0.1) is 0 Å². The zero-order valence-electron chi connectivity index (χ0n) is 22.2. The van der Waals surface area contributed by atoms with Crippen molar-refractivity contribution in [1.82, 2.24) is 20.9 Å². The Hall–Kier alpha value is -1.46. The average Bonchev–Trinajstić information content (AvgIpc) is 2.84. The number of nitrogens with one attached hydrogen (secondary N) is 3. The molecule has 0 radical (unpaired) electrons. The van der Waals surface area contributed by atoms with Gasteiger partial charge in [-0.3, -0.25) is 0 Å². The van der Waals surface area contributed by atoms with Crippen LogP contribution < -0.4 is 16.0 Å². The quantitative estimate of drug-likeness (QED) is 0.476. The maximum absolute atomic E-state index is 12.9. The summed E-state index contributed by atoms with van der Waals surface area (Å²) in [6, 6.07) is 0.159. The number of likely N-dealkylation sites (tertiary alicyclic amines) is 1. The van der Waals surface area contributed by atoms with Crippen molar-refractivity contribution >= 4 is 12.1 Å². The molecule has 0 unspecified atom stereocenters. The number of amides is 4. The number of hydrogen-bond donors (Lipinski definition) is 3. The lowest BCUT2D eigenvalue weighted by molar-refractivity contribution is -0.0503. The van der Waals surface area contributed by atoms with Gasteiger partial charge >= 0.3 is 12.1 Å². The predicted octanol–water partition coefficient (Wildman–Crippen LogP) is 5.14. The molecule has 9 aliphatic rings. The summed E-state index contributed by atoms with van der Waals surface area (Å²) in [5.74, 6) is 6.05. The summed E-state index contributed by atoms with van der Waals surface area (Å²) in [7, 11) is 0. The van der Waals surface area contributed by atoms with Crippen molar-refractivity contribution in [3.8, 4) is 0 Å². The molecule has 36 heavy (non-hydrogen) atoms. The Morgan fingerprint density at radius 2 is 1.03 bits per heavy atom. The van der Waals surface area contributed by atoms with Gasteiger partial charge in [0.25, 0.3) is 0 Å². The van der Waals surface area contributed by atoms with Crippen LogP contribution in [0, 0.1) is 52.3 Å². The Morgan fingerprint density at radius 1 is 0.611 bits per heavy atom. The molecular weight excluding hydrogens is 448 g/mol. The van der Waals surface area contributed by atoms with Crippen LogP contribution in [0.25, 0.3) is 0 Å². The van der Waals surface area contributed by atoms with E-state index < -0.39 is 0 Å². The highest BCUT2D eigenvalue weighted by atomic mass is 16.2. The van der Waals surface area contributed by atoms with Gasteiger partial charge in [-0.2, -0.15) is 0 Å². The minimum Gasteiger partial charge on any atom is -0.338 e. The fourth-order valence-corrected chi connectivity index (χ4v) is 11.3. The number of carbonyl (C=O) groups is 2. The molecular formula is C30H48N4O2. The van der Waals surface area contributed by atoms with Gasteiger partial charge in [0.2, 0.25) is 0 Å². The molecule has 1 heterocycles. The van der Waals surface area contributed by atoms with E-state index in [2.05, 4.69) is 16.0 Å². The van der Waals surface area contributed by atoms with Crippen LogP contribution in [0.1, 0.15) is 89.9 Å². The van der Waals surface area contributed by atoms with Gasteiger partial charge in [-0.25, -0.2) is 9.59 Å². The minimum absolute atomic E-state index is 0.0153. The van der Waals surface area contributed by atoms with E-state index in [4.69, 9.17) is 0 Å². The number of carbonyl (C=O) groups excluding carboxylic acids is 2. The molecule has 9 fully saturated rings. The van der Waals surface area contributed by atoms with E-state index in [1.54, 1.807) is 0 Å². The fraction of sp³-hybridized carbons (Fsp3) is 0.933. The first-order chi connectivity index (χ1) is 17.4.